The Bertz CT molecular complexity index is 3310. The number of fused-ring (bicyclic) bond motifs is 5. The summed E-state index contributed by atoms with van der Waals surface area (Å²) in [6, 6.07) is 62.8. The number of hydrogen-bond donors (Lipinski definition) is 0. The first kappa shape index (κ1) is 39.3. The lowest BCUT2D eigenvalue weighted by atomic mass is 9.82. The highest BCUT2D eigenvalue weighted by Gasteiger charge is 2.33. The second-order valence-corrected chi connectivity index (χ2v) is 18.9. The highest BCUT2D eigenvalue weighted by molar-refractivity contribution is 6.09. The van der Waals surface area contributed by atoms with Gasteiger partial charge in [0.2, 0.25) is 5.71 Å². The van der Waals surface area contributed by atoms with Crippen LogP contribution in [0, 0.1) is 0 Å². The summed E-state index contributed by atoms with van der Waals surface area (Å²) in [5.74, 6) is 2.31. The van der Waals surface area contributed by atoms with Crippen molar-refractivity contribution in [2.45, 2.75) is 52.4 Å². The Morgan fingerprint density at radius 2 is 1.14 bits per heavy atom. The summed E-state index contributed by atoms with van der Waals surface area (Å²) in [5, 5.41) is 3.32. The molecular formula is C58H50N4O2. The van der Waals surface area contributed by atoms with E-state index in [1.54, 1.807) is 6.26 Å². The maximum Gasteiger partial charge on any atom is 0.228 e. The summed E-state index contributed by atoms with van der Waals surface area (Å²) in [6.07, 6.45) is 1.73. The molecule has 1 aliphatic heterocycles. The lowest BCUT2D eigenvalue weighted by molar-refractivity contribution is 0.483. The van der Waals surface area contributed by atoms with Gasteiger partial charge < -0.3 is 19.0 Å². The maximum atomic E-state index is 6.82. The fourth-order valence-corrected chi connectivity index (χ4v) is 9.44. The molecule has 0 spiro atoms. The molecule has 0 unspecified atom stereocenters. The molecule has 0 saturated heterocycles. The van der Waals surface area contributed by atoms with E-state index in [9.17, 15) is 0 Å². The van der Waals surface area contributed by atoms with E-state index in [1.165, 1.54) is 39.1 Å². The van der Waals surface area contributed by atoms with Crippen molar-refractivity contribution in [1.82, 2.24) is 9.55 Å². The van der Waals surface area contributed by atoms with Crippen LogP contribution in [0.1, 0.15) is 52.7 Å². The minimum absolute atomic E-state index is 0.0526. The van der Waals surface area contributed by atoms with Crippen molar-refractivity contribution >= 4 is 55.7 Å². The van der Waals surface area contributed by atoms with Crippen molar-refractivity contribution in [2.24, 2.45) is 0 Å². The molecule has 0 N–H and O–H groups in total. The van der Waals surface area contributed by atoms with Crippen LogP contribution >= 0.6 is 0 Å². The van der Waals surface area contributed by atoms with Crippen molar-refractivity contribution < 1.29 is 9.15 Å². The van der Waals surface area contributed by atoms with Gasteiger partial charge in [-0.1, -0.05) is 139 Å². The van der Waals surface area contributed by atoms with Crippen molar-refractivity contribution in [1.29, 1.82) is 0 Å². The number of nitrogens with zero attached hydrogens (tertiary/aromatic N) is 4. The number of hydrogen-bond acceptors (Lipinski definition) is 5. The smallest absolute Gasteiger partial charge is 0.228 e. The van der Waals surface area contributed by atoms with Crippen molar-refractivity contribution in [3.63, 3.8) is 0 Å². The number of para-hydroxylation sites is 3. The molecule has 0 amide bonds. The van der Waals surface area contributed by atoms with Crippen LogP contribution in [0.2, 0.25) is 0 Å². The average Bonchev–Trinajstić information content (AvgIpc) is 4.03. The molecule has 0 aliphatic carbocycles. The van der Waals surface area contributed by atoms with E-state index in [0.29, 0.717) is 12.4 Å². The third-order valence-corrected chi connectivity index (χ3v) is 12.6. The summed E-state index contributed by atoms with van der Waals surface area (Å²) in [7, 11) is 0. The molecule has 10 aromatic rings. The molecule has 3 aromatic heterocycles. The summed E-state index contributed by atoms with van der Waals surface area (Å²) in [6.45, 7) is 14.2. The van der Waals surface area contributed by atoms with Gasteiger partial charge in [0, 0.05) is 45.1 Å². The van der Waals surface area contributed by atoms with Gasteiger partial charge in [0.05, 0.1) is 34.4 Å². The van der Waals surface area contributed by atoms with Gasteiger partial charge in [-0.2, -0.15) is 4.98 Å². The summed E-state index contributed by atoms with van der Waals surface area (Å²) >= 11 is 0. The highest BCUT2D eigenvalue weighted by atomic mass is 16.5. The Balaban J connectivity index is 0.998. The zero-order valence-corrected chi connectivity index (χ0v) is 37.1. The maximum absolute atomic E-state index is 6.82. The first-order chi connectivity index (χ1) is 31.0. The Labute approximate surface area is 374 Å². The summed E-state index contributed by atoms with van der Waals surface area (Å²) < 4.78 is 15.0. The molecule has 6 heteroatoms. The van der Waals surface area contributed by atoms with E-state index < -0.39 is 0 Å². The number of ether oxygens (including phenoxy) is 1. The molecule has 11 rings (SSSR count). The predicted molar refractivity (Wildman–Crippen MR) is 265 cm³/mol. The van der Waals surface area contributed by atoms with Crippen molar-refractivity contribution in [2.75, 3.05) is 16.5 Å². The van der Waals surface area contributed by atoms with E-state index in [1.807, 2.05) is 12.1 Å². The first-order valence-corrected chi connectivity index (χ1v) is 22.1. The Kier molecular flexibility index (Phi) is 9.24. The van der Waals surface area contributed by atoms with E-state index in [-0.39, 0.29) is 10.8 Å². The number of aromatic nitrogens is 2. The third-order valence-electron chi connectivity index (χ3n) is 12.6. The summed E-state index contributed by atoms with van der Waals surface area (Å²) in [4.78, 5) is 9.96. The predicted octanol–water partition coefficient (Wildman–Crippen LogP) is 15.9. The fourth-order valence-electron chi connectivity index (χ4n) is 9.44. The first-order valence-electron chi connectivity index (χ1n) is 22.1. The zero-order valence-electron chi connectivity index (χ0n) is 37.1. The lowest BCUT2D eigenvalue weighted by Gasteiger charge is -2.30. The van der Waals surface area contributed by atoms with E-state index in [2.05, 4.69) is 220 Å². The summed E-state index contributed by atoms with van der Waals surface area (Å²) in [5.41, 5.74) is 14.4. The van der Waals surface area contributed by atoms with Crippen LogP contribution in [0.4, 0.5) is 22.7 Å². The highest BCUT2D eigenvalue weighted by Crippen LogP contribution is 2.51. The monoisotopic (exact) mass is 834 g/mol. The molecule has 0 radical (unpaired) electrons. The third kappa shape index (κ3) is 6.78. The Morgan fingerprint density at radius 3 is 1.83 bits per heavy atom. The van der Waals surface area contributed by atoms with Gasteiger partial charge in [-0.3, -0.25) is 4.57 Å². The minimum Gasteiger partial charge on any atom is -0.457 e. The van der Waals surface area contributed by atoms with Crippen LogP contribution < -0.4 is 14.5 Å². The number of anilines is 4. The van der Waals surface area contributed by atoms with Gasteiger partial charge in [0.15, 0.2) is 0 Å². The largest absolute Gasteiger partial charge is 0.457 e. The van der Waals surface area contributed by atoms with Crippen LogP contribution in [0.25, 0.3) is 61.0 Å². The number of furan rings is 1. The fraction of sp³-hybridized carbons (Fsp3) is 0.155. The van der Waals surface area contributed by atoms with Gasteiger partial charge in [-0.25, -0.2) is 0 Å². The van der Waals surface area contributed by atoms with Crippen molar-refractivity contribution in [3.8, 4) is 39.6 Å². The molecule has 0 atom stereocenters. The molecule has 7 aromatic carbocycles. The van der Waals surface area contributed by atoms with E-state index in [4.69, 9.17) is 14.1 Å². The van der Waals surface area contributed by atoms with E-state index >= 15 is 0 Å². The van der Waals surface area contributed by atoms with Crippen LogP contribution in [0.3, 0.4) is 0 Å². The van der Waals surface area contributed by atoms with Crippen LogP contribution in [0.15, 0.2) is 187 Å². The average molecular weight is 835 g/mol. The molecule has 4 heterocycles. The normalized spacial score (nSPS) is 13.0. The molecule has 64 heavy (non-hydrogen) atoms. The number of pyridine rings is 1. The Morgan fingerprint density at radius 1 is 0.516 bits per heavy atom. The SMILES string of the molecule is CC(C)(C)c1cc(-c2ccccc2)c(N2CN(c3cccc(Oc4ccc5c6ccccc6n(-c6cc(C(C)(C)C)c7ccoc7n6)c5c4)c3)c3ccccc32)c(-c2ccccc2)c1. The molecule has 0 fully saturated rings. The Hall–Kier alpha value is -7.57. The zero-order chi connectivity index (χ0) is 43.7. The van der Waals surface area contributed by atoms with Gasteiger partial charge in [0.1, 0.15) is 24.0 Å². The van der Waals surface area contributed by atoms with Gasteiger partial charge >= 0.3 is 0 Å². The van der Waals surface area contributed by atoms with Crippen LogP contribution in [0.5, 0.6) is 11.5 Å². The second kappa shape index (κ2) is 15.1. The molecule has 0 bridgehead atoms. The number of rotatable bonds is 7. The second-order valence-electron chi connectivity index (χ2n) is 18.9. The van der Waals surface area contributed by atoms with Crippen LogP contribution in [-0.4, -0.2) is 16.2 Å². The lowest BCUT2D eigenvalue weighted by Crippen LogP contribution is -2.25. The van der Waals surface area contributed by atoms with E-state index in [0.717, 1.165) is 61.6 Å². The van der Waals surface area contributed by atoms with Gasteiger partial charge in [0.25, 0.3) is 0 Å². The molecular weight excluding hydrogens is 785 g/mol. The molecule has 0 saturated carbocycles. The van der Waals surface area contributed by atoms with Crippen molar-refractivity contribution in [3.05, 3.63) is 193 Å². The topological polar surface area (TPSA) is 46.7 Å². The van der Waals surface area contributed by atoms with Gasteiger partial charge in [-0.15, -0.1) is 0 Å². The quantitative estimate of drug-likeness (QED) is 0.160. The molecule has 1 aliphatic rings. The minimum atomic E-state index is -0.115. The standard InChI is InChI=1S/C58H50N4O2/c1-57(2,3)40-32-47(38-18-9-7-10-19-38)55(48(33-40)39-20-11-8-12-21-39)61-37-60(51-26-15-16-27-52(51)61)41-22-17-23-42(34-41)64-43-28-29-45-44-24-13-14-25-50(44)62(53(45)35-43)54-36-49(58(4,5)6)46-30-31-63-56(46)59-54/h7-36H,37H2,1-6H3. The van der Waals surface area contributed by atoms with Crippen LogP contribution in [-0.2, 0) is 10.8 Å². The number of benzene rings is 7. The molecule has 6 nitrogen and oxygen atoms in total. The van der Waals surface area contributed by atoms with Gasteiger partial charge in [-0.05, 0) is 99.8 Å². The molecule has 314 valence electrons.